The number of hydrogen-bond donors (Lipinski definition) is 0. The number of carbonyl (C=O) groups is 1. The Morgan fingerprint density at radius 3 is 2.47 bits per heavy atom. The fourth-order valence-corrected chi connectivity index (χ4v) is 6.93. The number of rotatable bonds is 9. The summed E-state index contributed by atoms with van der Waals surface area (Å²) in [7, 11) is 1.55. The molecule has 4 aromatic rings. The number of benzene rings is 3. The first-order valence-electron chi connectivity index (χ1n) is 14.3. The molecule has 1 amide bonds. The molecule has 3 aromatic carbocycles. The van der Waals surface area contributed by atoms with E-state index in [0.29, 0.717) is 65.8 Å². The Hall–Kier alpha value is -4.17. The molecule has 1 atom stereocenters. The van der Waals surface area contributed by atoms with Crippen molar-refractivity contribution < 1.29 is 14.3 Å². The summed E-state index contributed by atoms with van der Waals surface area (Å²) in [6.07, 6.45) is 1.78. The molecular formula is C34H30BrClN4O4S. The van der Waals surface area contributed by atoms with Crippen LogP contribution in [0.5, 0.6) is 11.5 Å². The minimum atomic E-state index is -0.659. The van der Waals surface area contributed by atoms with Gasteiger partial charge in [-0.25, -0.2) is 4.99 Å². The van der Waals surface area contributed by atoms with E-state index in [-0.39, 0.29) is 18.1 Å². The number of likely N-dealkylation sites (N-methyl/N-ethyl adjacent to an activating group) is 1. The Morgan fingerprint density at radius 1 is 1.16 bits per heavy atom. The van der Waals surface area contributed by atoms with Gasteiger partial charge >= 0.3 is 0 Å². The van der Waals surface area contributed by atoms with Gasteiger partial charge in [-0.15, -0.1) is 0 Å². The van der Waals surface area contributed by atoms with Crippen LogP contribution in [-0.4, -0.2) is 35.6 Å². The summed E-state index contributed by atoms with van der Waals surface area (Å²) in [5, 5.41) is 9.60. The van der Waals surface area contributed by atoms with Gasteiger partial charge in [-0.1, -0.05) is 47.2 Å². The van der Waals surface area contributed by atoms with E-state index in [4.69, 9.17) is 31.3 Å². The summed E-state index contributed by atoms with van der Waals surface area (Å²) < 4.78 is 14.4. The lowest BCUT2D eigenvalue weighted by Gasteiger charge is -2.29. The van der Waals surface area contributed by atoms with Gasteiger partial charge in [0.05, 0.1) is 45.1 Å². The van der Waals surface area contributed by atoms with Gasteiger partial charge in [-0.05, 0) is 95.9 Å². The number of ether oxygens (including phenoxy) is 2. The third-order valence-corrected chi connectivity index (χ3v) is 9.33. The zero-order valence-electron chi connectivity index (χ0n) is 25.1. The maximum Gasteiger partial charge on any atom is 0.271 e. The van der Waals surface area contributed by atoms with Crippen molar-refractivity contribution in [2.24, 2.45) is 4.99 Å². The van der Waals surface area contributed by atoms with Crippen molar-refractivity contribution in [2.75, 3.05) is 20.2 Å². The van der Waals surface area contributed by atoms with E-state index in [2.05, 4.69) is 22.0 Å². The highest BCUT2D eigenvalue weighted by molar-refractivity contribution is 9.10. The molecule has 11 heteroatoms. The number of amides is 1. The predicted molar refractivity (Wildman–Crippen MR) is 179 cm³/mol. The summed E-state index contributed by atoms with van der Waals surface area (Å²) in [5.41, 5.74) is 3.75. The zero-order valence-corrected chi connectivity index (χ0v) is 28.3. The van der Waals surface area contributed by atoms with Gasteiger partial charge in [0.2, 0.25) is 0 Å². The molecule has 230 valence electrons. The summed E-state index contributed by atoms with van der Waals surface area (Å²) in [6.45, 7) is 7.02. The van der Waals surface area contributed by atoms with Crippen LogP contribution in [0.2, 0.25) is 5.02 Å². The van der Waals surface area contributed by atoms with Gasteiger partial charge in [0.1, 0.15) is 6.61 Å². The Kier molecular flexibility index (Phi) is 9.93. The van der Waals surface area contributed by atoms with Crippen LogP contribution in [-0.2, 0) is 11.4 Å². The summed E-state index contributed by atoms with van der Waals surface area (Å²) in [4.78, 5) is 34.8. The van der Waals surface area contributed by atoms with E-state index >= 15 is 0 Å². The number of hydrogen-bond acceptors (Lipinski definition) is 7. The van der Waals surface area contributed by atoms with Crippen molar-refractivity contribution >= 4 is 50.9 Å². The van der Waals surface area contributed by atoms with E-state index in [1.165, 1.54) is 11.3 Å². The van der Waals surface area contributed by atoms with E-state index in [0.717, 1.165) is 11.1 Å². The van der Waals surface area contributed by atoms with E-state index in [9.17, 15) is 9.59 Å². The van der Waals surface area contributed by atoms with Crippen LogP contribution in [0.3, 0.4) is 0 Å². The molecule has 0 saturated heterocycles. The van der Waals surface area contributed by atoms with Crippen LogP contribution in [0.1, 0.15) is 49.1 Å². The quantitative estimate of drug-likeness (QED) is 0.214. The number of halogens is 2. The number of nitriles is 1. The van der Waals surface area contributed by atoms with Crippen LogP contribution < -0.4 is 24.4 Å². The number of aromatic nitrogens is 1. The van der Waals surface area contributed by atoms with Gasteiger partial charge < -0.3 is 14.4 Å². The van der Waals surface area contributed by atoms with E-state index < -0.39 is 6.04 Å². The number of carbonyl (C=O) groups excluding carboxylic acids is 1. The Morgan fingerprint density at radius 2 is 1.84 bits per heavy atom. The van der Waals surface area contributed by atoms with Gasteiger partial charge in [0, 0.05) is 18.1 Å². The third kappa shape index (κ3) is 6.61. The molecule has 0 radical (unpaired) electrons. The SMILES string of the molecule is CCN(CC)C(=O)C1=C(C)N=c2s/c(=C\c3cc(Br)c(OCc4ccc(C#N)cc4)c(OC)c3)c(=O)n2[C@H]1c1ccc(Cl)cc1. The first-order valence-corrected chi connectivity index (χ1v) is 16.2. The average molecular weight is 706 g/mol. The number of fused-ring (bicyclic) bond motifs is 1. The van der Waals surface area contributed by atoms with Gasteiger partial charge in [0.15, 0.2) is 16.3 Å². The largest absolute Gasteiger partial charge is 0.493 e. The highest BCUT2D eigenvalue weighted by Gasteiger charge is 2.34. The maximum absolute atomic E-state index is 14.1. The second-order valence-corrected chi connectivity index (χ2v) is 12.5. The summed E-state index contributed by atoms with van der Waals surface area (Å²) in [5.74, 6) is 0.846. The molecule has 0 bridgehead atoms. The number of thiazole rings is 1. The number of allylic oxidation sites excluding steroid dienone is 1. The molecule has 1 aromatic heterocycles. The second-order valence-electron chi connectivity index (χ2n) is 10.2. The van der Waals surface area contributed by atoms with Crippen molar-refractivity contribution in [1.29, 1.82) is 5.26 Å². The lowest BCUT2D eigenvalue weighted by Crippen LogP contribution is -2.43. The molecule has 0 saturated carbocycles. The maximum atomic E-state index is 14.1. The fraction of sp³-hybridized carbons (Fsp3) is 0.235. The molecule has 1 aliphatic rings. The summed E-state index contributed by atoms with van der Waals surface area (Å²) >= 11 is 11.1. The molecule has 0 aliphatic carbocycles. The molecule has 45 heavy (non-hydrogen) atoms. The minimum absolute atomic E-state index is 0.152. The normalized spacial score (nSPS) is 14.4. The van der Waals surface area contributed by atoms with Crippen LogP contribution in [0, 0.1) is 11.3 Å². The first-order chi connectivity index (χ1) is 21.7. The molecule has 2 heterocycles. The molecule has 0 fully saturated rings. The lowest BCUT2D eigenvalue weighted by atomic mass is 9.94. The zero-order chi connectivity index (χ0) is 32.2. The van der Waals surface area contributed by atoms with Crippen LogP contribution in [0.4, 0.5) is 0 Å². The van der Waals surface area contributed by atoms with Crippen LogP contribution in [0.25, 0.3) is 6.08 Å². The fourth-order valence-electron chi connectivity index (χ4n) is 5.18. The van der Waals surface area contributed by atoms with Crippen molar-refractivity contribution in [1.82, 2.24) is 9.47 Å². The standard InChI is InChI=1S/C34H30BrClN4O4S/c1-5-39(6-2)33(42)29-20(3)38-34-40(30(29)24-11-13-25(36)14-12-24)32(41)28(45-34)17-23-15-26(35)31(27(16-23)43-4)44-19-22-9-7-21(18-37)8-10-22/h7-17,30H,5-6,19H2,1-4H3/b28-17-/t30-/m0/s1. The van der Waals surface area contributed by atoms with Crippen molar-refractivity contribution in [3.8, 4) is 17.6 Å². The molecule has 0 spiro atoms. The van der Waals surface area contributed by atoms with Gasteiger partial charge in [-0.3, -0.25) is 14.2 Å². The van der Waals surface area contributed by atoms with E-state index in [1.807, 2.05) is 51.1 Å². The first kappa shape index (κ1) is 32.2. The molecule has 5 rings (SSSR count). The Bertz CT molecular complexity index is 2010. The topological polar surface area (TPSA) is 96.9 Å². The summed E-state index contributed by atoms with van der Waals surface area (Å²) in [6, 6.07) is 19.5. The van der Waals surface area contributed by atoms with Crippen molar-refractivity contribution in [3.63, 3.8) is 0 Å². The van der Waals surface area contributed by atoms with Crippen LogP contribution in [0.15, 0.2) is 86.2 Å². The smallest absolute Gasteiger partial charge is 0.271 e. The Balaban J connectivity index is 1.56. The van der Waals surface area contributed by atoms with Crippen molar-refractivity contribution in [2.45, 2.75) is 33.4 Å². The van der Waals surface area contributed by atoms with Crippen LogP contribution >= 0.6 is 38.9 Å². The second kappa shape index (κ2) is 13.9. The third-order valence-electron chi connectivity index (χ3n) is 7.50. The molecular weight excluding hydrogens is 676 g/mol. The number of nitrogens with zero attached hydrogens (tertiary/aromatic N) is 4. The predicted octanol–water partition coefficient (Wildman–Crippen LogP) is 5.98. The minimum Gasteiger partial charge on any atom is -0.493 e. The highest BCUT2D eigenvalue weighted by atomic mass is 79.9. The molecule has 0 unspecified atom stereocenters. The van der Waals surface area contributed by atoms with E-state index in [1.54, 1.807) is 53.0 Å². The van der Waals surface area contributed by atoms with Gasteiger partial charge in [-0.2, -0.15) is 5.26 Å². The molecule has 1 aliphatic heterocycles. The average Bonchev–Trinajstić information content (AvgIpc) is 3.34. The molecule has 8 nitrogen and oxygen atoms in total. The monoisotopic (exact) mass is 704 g/mol. The lowest BCUT2D eigenvalue weighted by molar-refractivity contribution is -0.127. The molecule has 0 N–H and O–H groups in total. The van der Waals surface area contributed by atoms with Gasteiger partial charge in [0.25, 0.3) is 11.5 Å². The Labute approximate surface area is 278 Å². The van der Waals surface area contributed by atoms with Crippen molar-refractivity contribution in [3.05, 3.63) is 123 Å². The number of methoxy groups -OCH3 is 1. The highest BCUT2D eigenvalue weighted by Crippen LogP contribution is 2.37.